The van der Waals surface area contributed by atoms with Crippen LogP contribution in [0.25, 0.3) is 49.4 Å². The van der Waals surface area contributed by atoms with Crippen molar-refractivity contribution in [3.63, 3.8) is 0 Å². The van der Waals surface area contributed by atoms with Gasteiger partial charge in [0.15, 0.2) is 11.4 Å². The van der Waals surface area contributed by atoms with E-state index in [2.05, 4.69) is 37.9 Å². The molecule has 12 rings (SSSR count). The minimum absolute atomic E-state index is 0.0124. The van der Waals surface area contributed by atoms with E-state index in [4.69, 9.17) is 4.42 Å². The van der Waals surface area contributed by atoms with Gasteiger partial charge in [-0.15, -0.1) is 0 Å². The molecule has 6 aromatic heterocycles. The van der Waals surface area contributed by atoms with Gasteiger partial charge in [-0.1, -0.05) is 36.4 Å². The van der Waals surface area contributed by atoms with Crippen molar-refractivity contribution >= 4 is 85.5 Å². The van der Waals surface area contributed by atoms with Crippen molar-refractivity contribution in [1.82, 2.24) is 46.2 Å². The van der Waals surface area contributed by atoms with Gasteiger partial charge >= 0.3 is 34.5 Å². The molecule has 0 N–H and O–H groups in total. The molecule has 91 heavy (non-hydrogen) atoms. The van der Waals surface area contributed by atoms with E-state index in [0.29, 0.717) is 64.6 Å². The molecule has 9 aromatic rings. The molecular formula is C59H56F10N10O9S3. The SMILES string of the molecule is CN1CC=C(c2cn(S(=O)(=O)c3cn(C)nc3C(F)(F)F)c3ccc(C(F)(F)F)cc23)CC1.CN1CC=C(c2cn(S(=O)(=O)c3cn(C)nc3C(F)(F)F)c3ccc(F)cc23)CC1.COC(=O)c1ccc(S(=O)(=O)n2cc(C3=CCN(C)CC3)c3ccccc32)o1. The highest BCUT2D eigenvalue weighted by Gasteiger charge is 2.44. The average Bonchev–Trinajstić information content (AvgIpc) is 1.61. The van der Waals surface area contributed by atoms with E-state index in [1.165, 1.54) is 48.6 Å². The molecule has 0 amide bonds. The van der Waals surface area contributed by atoms with E-state index in [0.717, 1.165) is 105 Å². The van der Waals surface area contributed by atoms with Gasteiger partial charge in [0.1, 0.15) is 15.6 Å². The van der Waals surface area contributed by atoms with Gasteiger partial charge in [-0.3, -0.25) is 9.36 Å². The Morgan fingerprint density at radius 1 is 0.505 bits per heavy atom. The van der Waals surface area contributed by atoms with Gasteiger partial charge in [0, 0.05) is 117 Å². The summed E-state index contributed by atoms with van der Waals surface area (Å²) in [5.41, 5.74) is 0.596. The number of esters is 1. The predicted octanol–water partition coefficient (Wildman–Crippen LogP) is 10.8. The number of fused-ring (bicyclic) bond motifs is 3. The number of carbonyl (C=O) groups excluding carboxylic acids is 1. The molecule has 0 saturated carbocycles. The summed E-state index contributed by atoms with van der Waals surface area (Å²) in [6, 6.07) is 15.9. The van der Waals surface area contributed by atoms with Gasteiger partial charge < -0.3 is 23.9 Å². The first-order valence-electron chi connectivity index (χ1n) is 27.5. The number of hydrogen-bond donors (Lipinski definition) is 0. The number of aryl methyl sites for hydroxylation is 2. The fourth-order valence-corrected chi connectivity index (χ4v) is 15.2. The van der Waals surface area contributed by atoms with Gasteiger partial charge in [0.05, 0.1) is 29.2 Å². The number of likely N-dealkylation sites (N-methyl/N-ethyl adjacent to an activating group) is 3. The topological polar surface area (TPSA) is 202 Å². The molecule has 19 nitrogen and oxygen atoms in total. The second kappa shape index (κ2) is 24.4. The number of para-hydroxylation sites is 1. The molecule has 0 unspecified atom stereocenters. The number of ether oxygens (including phenoxy) is 1. The fraction of sp³-hybridized carbons (Fsp3) is 0.305. The third kappa shape index (κ3) is 13.0. The van der Waals surface area contributed by atoms with Gasteiger partial charge in [-0.2, -0.15) is 58.1 Å². The smallest absolute Gasteiger partial charge is 0.436 e. The largest absolute Gasteiger partial charge is 0.463 e. The zero-order valence-electron chi connectivity index (χ0n) is 49.1. The van der Waals surface area contributed by atoms with Crippen molar-refractivity contribution in [1.29, 1.82) is 0 Å². The van der Waals surface area contributed by atoms with Crippen LogP contribution in [0.15, 0.2) is 141 Å². The first-order valence-corrected chi connectivity index (χ1v) is 31.8. The summed E-state index contributed by atoms with van der Waals surface area (Å²) < 4.78 is 228. The fourth-order valence-electron chi connectivity index (χ4n) is 10.8. The monoisotopic (exact) mass is 1330 g/mol. The van der Waals surface area contributed by atoms with E-state index in [1.54, 1.807) is 24.4 Å². The number of carbonyl (C=O) groups is 1. The van der Waals surface area contributed by atoms with Crippen LogP contribution in [0.2, 0.25) is 0 Å². The Hall–Kier alpha value is -8.30. The van der Waals surface area contributed by atoms with Crippen LogP contribution in [-0.2, 0) is 67.4 Å². The van der Waals surface area contributed by atoms with Crippen LogP contribution in [0.4, 0.5) is 43.9 Å². The standard InChI is InChI=1S/C20H18F6N4O2S.C20H20N2O5S.C19H18F4N4O2S/c1-28-7-5-12(6-8-28)15-10-30(16-4-3-13(9-14(15)16)19(21,22)23)33(31,32)17-11-29(2)27-18(17)20(24,25)26;1-21-11-9-14(10-12-21)16-13-22(17-6-4-3-5-15(16)17)28(24,25)19-8-7-18(27-19)20(23)26-2;1-25-7-5-12(6-8-25)15-10-27(16-4-3-13(20)9-14(15)16)30(28,29)17-11-26(2)24-18(17)19(21,22)23/h3-5,9-11H,6-8H2,1-2H3;3-9,13H,10-12H2,1-2H3;3-5,9-11H,6-8H2,1-2H3. The number of aromatic nitrogens is 7. The van der Waals surface area contributed by atoms with Crippen molar-refractivity contribution < 1.29 is 83.1 Å². The van der Waals surface area contributed by atoms with E-state index < -0.39 is 87.1 Å². The number of benzene rings is 3. The summed E-state index contributed by atoms with van der Waals surface area (Å²) in [6.07, 6.45) is -1.45. The number of nitrogens with zero attached hydrogens (tertiary/aromatic N) is 10. The molecule has 0 radical (unpaired) electrons. The molecule has 0 fully saturated rings. The second-order valence-corrected chi connectivity index (χ2v) is 27.1. The van der Waals surface area contributed by atoms with E-state index in [9.17, 15) is 74.0 Å². The highest BCUT2D eigenvalue weighted by molar-refractivity contribution is 7.90. The molecule has 0 atom stereocenters. The van der Waals surface area contributed by atoms with Crippen molar-refractivity contribution in [3.05, 3.63) is 167 Å². The van der Waals surface area contributed by atoms with Gasteiger partial charge in [0.2, 0.25) is 10.9 Å². The van der Waals surface area contributed by atoms with Gasteiger partial charge in [-0.25, -0.2) is 37.9 Å². The molecule has 32 heteroatoms. The Morgan fingerprint density at radius 3 is 1.35 bits per heavy atom. The summed E-state index contributed by atoms with van der Waals surface area (Å²) in [5.74, 6) is -1.45. The Bertz CT molecular complexity index is 4780. The lowest BCUT2D eigenvalue weighted by Gasteiger charge is -2.21. The lowest BCUT2D eigenvalue weighted by Crippen LogP contribution is -2.23. The van der Waals surface area contributed by atoms with Crippen LogP contribution in [0.5, 0.6) is 0 Å². The molecule has 3 aliphatic rings. The van der Waals surface area contributed by atoms with Crippen LogP contribution in [0.3, 0.4) is 0 Å². The van der Waals surface area contributed by atoms with Gasteiger partial charge in [0.25, 0.3) is 20.0 Å². The van der Waals surface area contributed by atoms with Crippen LogP contribution in [-0.4, -0.2) is 145 Å². The Labute approximate surface area is 514 Å². The first-order chi connectivity index (χ1) is 42.6. The summed E-state index contributed by atoms with van der Waals surface area (Å²) >= 11 is 0. The molecule has 0 aliphatic carbocycles. The number of alkyl halides is 9. The molecule has 3 aliphatic heterocycles. The molecule has 9 heterocycles. The predicted molar refractivity (Wildman–Crippen MR) is 315 cm³/mol. The maximum atomic E-state index is 13.9. The van der Waals surface area contributed by atoms with Crippen LogP contribution in [0, 0.1) is 5.82 Å². The highest BCUT2D eigenvalue weighted by Crippen LogP contribution is 2.42. The maximum Gasteiger partial charge on any atom is 0.436 e. The summed E-state index contributed by atoms with van der Waals surface area (Å²) in [6.45, 7) is 4.17. The van der Waals surface area contributed by atoms with Crippen LogP contribution < -0.4 is 0 Å². The maximum absolute atomic E-state index is 13.9. The Kier molecular flexibility index (Phi) is 17.6. The average molecular weight is 1340 g/mol. The van der Waals surface area contributed by atoms with Crippen molar-refractivity contribution in [2.45, 2.75) is 52.7 Å². The lowest BCUT2D eigenvalue weighted by atomic mass is 9.98. The highest BCUT2D eigenvalue weighted by atomic mass is 32.2. The summed E-state index contributed by atoms with van der Waals surface area (Å²) in [7, 11) is -4.09. The molecular weight excluding hydrogens is 1280 g/mol. The number of rotatable bonds is 10. The number of hydrogen-bond acceptors (Lipinski definition) is 14. The van der Waals surface area contributed by atoms with E-state index >= 15 is 0 Å². The van der Waals surface area contributed by atoms with E-state index in [1.807, 2.05) is 37.2 Å². The summed E-state index contributed by atoms with van der Waals surface area (Å²) in [5, 5.41) is 7.40. The Morgan fingerprint density at radius 2 is 0.923 bits per heavy atom. The number of methoxy groups -OCH3 is 1. The number of halogens is 10. The zero-order valence-corrected chi connectivity index (χ0v) is 51.5. The minimum atomic E-state index is -5.05. The molecule has 0 bridgehead atoms. The molecule has 0 spiro atoms. The van der Waals surface area contributed by atoms with E-state index in [-0.39, 0.29) is 32.8 Å². The second-order valence-electron chi connectivity index (χ2n) is 21.8. The Balaban J connectivity index is 0.000000150. The number of furan rings is 1. The van der Waals surface area contributed by atoms with Crippen LogP contribution >= 0.6 is 0 Å². The normalized spacial score (nSPS) is 16.1. The van der Waals surface area contributed by atoms with Gasteiger partial charge in [-0.05, 0) is 112 Å². The quantitative estimate of drug-likeness (QED) is 0.0924. The molecule has 0 saturated heterocycles. The molecule has 484 valence electrons. The van der Waals surface area contributed by atoms with Crippen molar-refractivity contribution in [3.8, 4) is 0 Å². The summed E-state index contributed by atoms with van der Waals surface area (Å²) in [4.78, 5) is 15.8. The lowest BCUT2D eigenvalue weighted by molar-refractivity contribution is -0.144. The first kappa shape index (κ1) is 65.6. The van der Waals surface area contributed by atoms with Crippen molar-refractivity contribution in [2.24, 2.45) is 14.1 Å². The molecule has 3 aromatic carbocycles. The minimum Gasteiger partial charge on any atom is -0.463 e. The van der Waals surface area contributed by atoms with Crippen molar-refractivity contribution in [2.75, 3.05) is 67.5 Å². The third-order valence-electron chi connectivity index (χ3n) is 15.5. The third-order valence-corrected chi connectivity index (χ3v) is 20.4. The van der Waals surface area contributed by atoms with Crippen LogP contribution in [0.1, 0.15) is 63.5 Å². The zero-order chi connectivity index (χ0) is 66.1.